The van der Waals surface area contributed by atoms with Crippen LogP contribution < -0.4 is 5.90 Å². The highest BCUT2D eigenvalue weighted by atomic mass is 16.6. The SMILES string of the molecule is NOCC1CCC(O)C1. The average molecular weight is 131 g/mol. The van der Waals surface area contributed by atoms with Gasteiger partial charge < -0.3 is 9.94 Å². The second-order valence-corrected chi connectivity index (χ2v) is 2.67. The van der Waals surface area contributed by atoms with Crippen molar-refractivity contribution in [3.05, 3.63) is 0 Å². The third-order valence-electron chi connectivity index (χ3n) is 1.85. The first-order chi connectivity index (χ1) is 4.33. The maximum Gasteiger partial charge on any atom is 0.0708 e. The second kappa shape index (κ2) is 3.15. The normalized spacial score (nSPS) is 35.3. The molecule has 9 heavy (non-hydrogen) atoms. The van der Waals surface area contributed by atoms with E-state index in [2.05, 4.69) is 4.84 Å². The number of aliphatic hydroxyl groups is 1. The second-order valence-electron chi connectivity index (χ2n) is 2.67. The first-order valence-corrected chi connectivity index (χ1v) is 3.32. The predicted octanol–water partition coefficient (Wildman–Crippen LogP) is 0.0377. The molecule has 0 spiro atoms. The summed E-state index contributed by atoms with van der Waals surface area (Å²) in [5.74, 6) is 5.36. The zero-order chi connectivity index (χ0) is 6.69. The van der Waals surface area contributed by atoms with Crippen LogP contribution in [-0.4, -0.2) is 17.8 Å². The molecule has 0 aromatic carbocycles. The molecule has 0 amide bonds. The van der Waals surface area contributed by atoms with Crippen LogP contribution >= 0.6 is 0 Å². The minimum atomic E-state index is -0.106. The lowest BCUT2D eigenvalue weighted by atomic mass is 10.1. The summed E-state index contributed by atoms with van der Waals surface area (Å²) in [4.78, 5) is 4.46. The first kappa shape index (κ1) is 6.99. The molecule has 3 heteroatoms. The summed E-state index contributed by atoms with van der Waals surface area (Å²) in [5.41, 5.74) is 0. The summed E-state index contributed by atoms with van der Waals surface area (Å²) < 4.78 is 0. The van der Waals surface area contributed by atoms with Crippen molar-refractivity contribution in [3.63, 3.8) is 0 Å². The molecular weight excluding hydrogens is 118 g/mol. The summed E-state index contributed by atoms with van der Waals surface area (Å²) in [6.07, 6.45) is 2.72. The molecule has 0 radical (unpaired) electrons. The monoisotopic (exact) mass is 131 g/mol. The Bertz CT molecular complexity index is 85.1. The van der Waals surface area contributed by atoms with E-state index in [1.807, 2.05) is 0 Å². The standard InChI is InChI=1S/C6H13NO2/c7-9-4-5-1-2-6(8)3-5/h5-6,8H,1-4,7H2. The van der Waals surface area contributed by atoms with Crippen molar-refractivity contribution >= 4 is 0 Å². The molecule has 3 nitrogen and oxygen atoms in total. The van der Waals surface area contributed by atoms with Gasteiger partial charge in [0.1, 0.15) is 0 Å². The van der Waals surface area contributed by atoms with Gasteiger partial charge in [-0.2, -0.15) is 0 Å². The van der Waals surface area contributed by atoms with Crippen LogP contribution in [0.4, 0.5) is 0 Å². The topological polar surface area (TPSA) is 55.5 Å². The van der Waals surface area contributed by atoms with Gasteiger partial charge in [0.15, 0.2) is 0 Å². The molecule has 0 aromatic rings. The Labute approximate surface area is 54.8 Å². The fraction of sp³-hybridized carbons (Fsp3) is 1.00. The smallest absolute Gasteiger partial charge is 0.0708 e. The van der Waals surface area contributed by atoms with E-state index in [0.717, 1.165) is 19.3 Å². The van der Waals surface area contributed by atoms with Gasteiger partial charge in [-0.15, -0.1) is 0 Å². The van der Waals surface area contributed by atoms with Crippen molar-refractivity contribution in [2.45, 2.75) is 25.4 Å². The minimum absolute atomic E-state index is 0.106. The number of hydrogen-bond donors (Lipinski definition) is 2. The maximum absolute atomic E-state index is 9.03. The van der Waals surface area contributed by atoms with Crippen LogP contribution in [0.5, 0.6) is 0 Å². The van der Waals surface area contributed by atoms with Crippen molar-refractivity contribution in [3.8, 4) is 0 Å². The highest BCUT2D eigenvalue weighted by Crippen LogP contribution is 2.24. The van der Waals surface area contributed by atoms with Crippen LogP contribution in [0, 0.1) is 5.92 Å². The van der Waals surface area contributed by atoms with Crippen molar-refractivity contribution in [1.29, 1.82) is 0 Å². The molecule has 0 saturated heterocycles. The largest absolute Gasteiger partial charge is 0.393 e. The summed E-state index contributed by atoms with van der Waals surface area (Å²) in [7, 11) is 0. The Kier molecular flexibility index (Phi) is 2.45. The van der Waals surface area contributed by atoms with Crippen LogP contribution in [0.1, 0.15) is 19.3 Å². The predicted molar refractivity (Wildman–Crippen MR) is 33.5 cm³/mol. The zero-order valence-corrected chi connectivity index (χ0v) is 5.42. The quantitative estimate of drug-likeness (QED) is 0.520. The Hall–Kier alpha value is -0.120. The highest BCUT2D eigenvalue weighted by Gasteiger charge is 2.22. The molecular formula is C6H13NO2. The maximum atomic E-state index is 9.03. The van der Waals surface area contributed by atoms with Gasteiger partial charge in [0.25, 0.3) is 0 Å². The Morgan fingerprint density at radius 3 is 2.78 bits per heavy atom. The van der Waals surface area contributed by atoms with E-state index in [1.54, 1.807) is 0 Å². The summed E-state index contributed by atoms with van der Waals surface area (Å²) in [5, 5.41) is 9.03. The molecule has 1 aliphatic carbocycles. The van der Waals surface area contributed by atoms with E-state index >= 15 is 0 Å². The van der Waals surface area contributed by atoms with E-state index < -0.39 is 0 Å². The van der Waals surface area contributed by atoms with Gasteiger partial charge in [-0.25, -0.2) is 5.90 Å². The zero-order valence-electron chi connectivity index (χ0n) is 5.42. The molecule has 0 aliphatic heterocycles. The van der Waals surface area contributed by atoms with Gasteiger partial charge in [0.2, 0.25) is 0 Å². The molecule has 2 atom stereocenters. The highest BCUT2D eigenvalue weighted by molar-refractivity contribution is 4.73. The summed E-state index contributed by atoms with van der Waals surface area (Å²) in [6.45, 7) is 0.594. The fourth-order valence-corrected chi connectivity index (χ4v) is 1.34. The van der Waals surface area contributed by atoms with Gasteiger partial charge in [-0.05, 0) is 25.2 Å². The molecule has 2 unspecified atom stereocenters. The number of rotatable bonds is 2. The summed E-state index contributed by atoms with van der Waals surface area (Å²) >= 11 is 0. The van der Waals surface area contributed by atoms with E-state index in [0.29, 0.717) is 12.5 Å². The van der Waals surface area contributed by atoms with Crippen molar-refractivity contribution in [2.75, 3.05) is 6.61 Å². The molecule has 0 heterocycles. The van der Waals surface area contributed by atoms with Gasteiger partial charge in [-0.1, -0.05) is 0 Å². The van der Waals surface area contributed by atoms with Gasteiger partial charge in [-0.3, -0.25) is 0 Å². The van der Waals surface area contributed by atoms with E-state index in [1.165, 1.54) is 0 Å². The lowest BCUT2D eigenvalue weighted by Crippen LogP contribution is -2.10. The van der Waals surface area contributed by atoms with Crippen LogP contribution in [0.15, 0.2) is 0 Å². The third kappa shape index (κ3) is 1.93. The van der Waals surface area contributed by atoms with E-state index in [-0.39, 0.29) is 6.10 Å². The molecule has 0 bridgehead atoms. The lowest BCUT2D eigenvalue weighted by molar-refractivity contribution is 0.0949. The van der Waals surface area contributed by atoms with Crippen LogP contribution in [0.3, 0.4) is 0 Å². The van der Waals surface area contributed by atoms with Crippen LogP contribution in [-0.2, 0) is 4.84 Å². The average Bonchev–Trinajstić information content (AvgIpc) is 2.17. The van der Waals surface area contributed by atoms with Crippen LogP contribution in [0.2, 0.25) is 0 Å². The van der Waals surface area contributed by atoms with Crippen LogP contribution in [0.25, 0.3) is 0 Å². The minimum Gasteiger partial charge on any atom is -0.393 e. The van der Waals surface area contributed by atoms with E-state index in [4.69, 9.17) is 11.0 Å². The molecule has 1 fully saturated rings. The Morgan fingerprint density at radius 2 is 2.33 bits per heavy atom. The first-order valence-electron chi connectivity index (χ1n) is 3.32. The van der Waals surface area contributed by atoms with Gasteiger partial charge in [0.05, 0.1) is 12.7 Å². The fourth-order valence-electron chi connectivity index (χ4n) is 1.34. The lowest BCUT2D eigenvalue weighted by Gasteiger charge is -2.04. The molecule has 1 rings (SSSR count). The number of nitrogens with two attached hydrogens (primary N) is 1. The number of aliphatic hydroxyl groups excluding tert-OH is 1. The molecule has 0 aromatic heterocycles. The Balaban J connectivity index is 2.14. The van der Waals surface area contributed by atoms with Gasteiger partial charge >= 0.3 is 0 Å². The Morgan fingerprint density at radius 1 is 1.56 bits per heavy atom. The summed E-state index contributed by atoms with van der Waals surface area (Å²) in [6, 6.07) is 0. The van der Waals surface area contributed by atoms with Crippen molar-refractivity contribution < 1.29 is 9.94 Å². The van der Waals surface area contributed by atoms with Crippen molar-refractivity contribution in [2.24, 2.45) is 11.8 Å². The third-order valence-corrected chi connectivity index (χ3v) is 1.85. The van der Waals surface area contributed by atoms with Crippen molar-refractivity contribution in [1.82, 2.24) is 0 Å². The molecule has 3 N–H and O–H groups in total. The van der Waals surface area contributed by atoms with E-state index in [9.17, 15) is 0 Å². The molecule has 1 saturated carbocycles. The molecule has 54 valence electrons. The van der Waals surface area contributed by atoms with Gasteiger partial charge in [0, 0.05) is 0 Å². The molecule has 1 aliphatic rings. The number of hydrogen-bond acceptors (Lipinski definition) is 3.